The van der Waals surface area contributed by atoms with E-state index in [2.05, 4.69) is 48.7 Å². The first kappa shape index (κ1) is 17.1. The average molecular weight is 294 g/mol. The normalized spacial score (nSPS) is 13.8. The minimum atomic E-state index is -0.0653. The highest BCUT2D eigenvalue weighted by Gasteiger charge is 2.16. The van der Waals surface area contributed by atoms with Crippen LogP contribution in [0.4, 0.5) is 0 Å². The molecule has 2 N–H and O–H groups in total. The Morgan fingerprint density at radius 2 is 1.90 bits per heavy atom. The van der Waals surface area contributed by atoms with E-state index in [-0.39, 0.29) is 17.2 Å². The van der Waals surface area contributed by atoms with E-state index in [1.54, 1.807) is 11.8 Å². The van der Waals surface area contributed by atoms with Crippen molar-refractivity contribution in [2.75, 3.05) is 7.05 Å². The molecule has 0 bridgehead atoms. The van der Waals surface area contributed by atoms with Crippen molar-refractivity contribution in [1.29, 1.82) is 0 Å². The molecule has 1 aromatic rings. The van der Waals surface area contributed by atoms with Gasteiger partial charge < -0.3 is 10.6 Å². The molecule has 0 saturated heterocycles. The number of thioether (sulfide) groups is 1. The molecule has 20 heavy (non-hydrogen) atoms. The average Bonchev–Trinajstić information content (AvgIpc) is 2.41. The minimum absolute atomic E-state index is 0.0653. The van der Waals surface area contributed by atoms with Crippen molar-refractivity contribution < 1.29 is 4.79 Å². The molecule has 112 valence electrons. The number of amides is 1. The number of carbonyl (C=O) groups excluding carboxylic acids is 1. The van der Waals surface area contributed by atoms with Crippen LogP contribution in [0.15, 0.2) is 29.2 Å². The molecule has 0 fully saturated rings. The van der Waals surface area contributed by atoms with Crippen LogP contribution in [0, 0.1) is 0 Å². The van der Waals surface area contributed by atoms with Gasteiger partial charge in [0.1, 0.15) is 0 Å². The fourth-order valence-corrected chi connectivity index (χ4v) is 2.89. The van der Waals surface area contributed by atoms with Crippen LogP contribution in [0.2, 0.25) is 0 Å². The maximum absolute atomic E-state index is 12.1. The van der Waals surface area contributed by atoms with Crippen LogP contribution in [0.5, 0.6) is 0 Å². The second kappa shape index (κ2) is 9.03. The lowest BCUT2D eigenvalue weighted by atomic mass is 10.2. The van der Waals surface area contributed by atoms with Crippen LogP contribution in [0.1, 0.15) is 39.2 Å². The van der Waals surface area contributed by atoms with E-state index in [0.29, 0.717) is 0 Å². The molecule has 2 unspecified atom stereocenters. The molecule has 1 amide bonds. The van der Waals surface area contributed by atoms with Crippen LogP contribution in [0.25, 0.3) is 0 Å². The molecule has 0 aliphatic heterocycles. The molecule has 0 aliphatic rings. The first-order chi connectivity index (χ1) is 9.56. The van der Waals surface area contributed by atoms with Gasteiger partial charge in [-0.05, 0) is 45.0 Å². The van der Waals surface area contributed by atoms with Gasteiger partial charge in [0.25, 0.3) is 0 Å². The number of nitrogens with one attached hydrogen (secondary N) is 2. The Labute approximate surface area is 126 Å². The highest BCUT2D eigenvalue weighted by atomic mass is 32.2. The third-order valence-electron chi connectivity index (χ3n) is 3.10. The lowest BCUT2D eigenvalue weighted by molar-refractivity contribution is -0.120. The van der Waals surface area contributed by atoms with E-state index in [9.17, 15) is 4.79 Å². The Bertz CT molecular complexity index is 405. The molecule has 0 saturated carbocycles. The van der Waals surface area contributed by atoms with Crippen LogP contribution in [-0.4, -0.2) is 24.2 Å². The zero-order valence-electron chi connectivity index (χ0n) is 12.9. The molecule has 0 heterocycles. The first-order valence-electron chi connectivity index (χ1n) is 7.27. The highest BCUT2D eigenvalue weighted by Crippen LogP contribution is 2.23. The summed E-state index contributed by atoms with van der Waals surface area (Å²) < 4.78 is 0. The lowest BCUT2D eigenvalue weighted by Crippen LogP contribution is -2.37. The second-order valence-corrected chi connectivity index (χ2v) is 6.55. The summed E-state index contributed by atoms with van der Waals surface area (Å²) in [7, 11) is 1.94. The van der Waals surface area contributed by atoms with Gasteiger partial charge in [-0.3, -0.25) is 4.79 Å². The maximum atomic E-state index is 12.1. The van der Waals surface area contributed by atoms with Gasteiger partial charge in [-0.2, -0.15) is 0 Å². The Morgan fingerprint density at radius 1 is 1.25 bits per heavy atom. The Balaban J connectivity index is 2.48. The molecule has 0 aliphatic carbocycles. The van der Waals surface area contributed by atoms with Crippen LogP contribution in [0.3, 0.4) is 0 Å². The molecule has 0 spiro atoms. The van der Waals surface area contributed by atoms with Crippen LogP contribution in [-0.2, 0) is 11.3 Å². The third kappa shape index (κ3) is 5.97. The molecular weight excluding hydrogens is 268 g/mol. The zero-order chi connectivity index (χ0) is 15.0. The van der Waals surface area contributed by atoms with Crippen molar-refractivity contribution in [3.63, 3.8) is 0 Å². The molecule has 4 heteroatoms. The molecule has 0 radical (unpaired) electrons. The smallest absolute Gasteiger partial charge is 0.233 e. The fourth-order valence-electron chi connectivity index (χ4n) is 2.01. The number of hydrogen-bond donors (Lipinski definition) is 2. The van der Waals surface area contributed by atoms with Gasteiger partial charge in [0.15, 0.2) is 0 Å². The van der Waals surface area contributed by atoms with E-state index in [1.165, 1.54) is 5.56 Å². The highest BCUT2D eigenvalue weighted by molar-refractivity contribution is 8.00. The molecule has 3 nitrogen and oxygen atoms in total. The zero-order valence-corrected chi connectivity index (χ0v) is 13.7. The minimum Gasteiger partial charge on any atom is -0.353 e. The quantitative estimate of drug-likeness (QED) is 0.724. The predicted molar refractivity (Wildman–Crippen MR) is 87.0 cm³/mol. The monoisotopic (exact) mass is 294 g/mol. The topological polar surface area (TPSA) is 41.1 Å². The van der Waals surface area contributed by atoms with Gasteiger partial charge >= 0.3 is 0 Å². The predicted octanol–water partition coefficient (Wildman–Crippen LogP) is 3.19. The second-order valence-electron chi connectivity index (χ2n) is 5.13. The van der Waals surface area contributed by atoms with Crippen molar-refractivity contribution in [2.45, 2.75) is 56.3 Å². The first-order valence-corrected chi connectivity index (χ1v) is 8.15. The van der Waals surface area contributed by atoms with Crippen molar-refractivity contribution in [3.8, 4) is 0 Å². The fraction of sp³-hybridized carbons (Fsp3) is 0.562. The van der Waals surface area contributed by atoms with E-state index in [4.69, 9.17) is 0 Å². The van der Waals surface area contributed by atoms with Crippen LogP contribution >= 0.6 is 11.8 Å². The Morgan fingerprint density at radius 3 is 2.45 bits per heavy atom. The SMILES string of the molecule is CCCC(C)NC(=O)C(C)Sc1ccc(CNC)cc1. The number of rotatable bonds is 8. The van der Waals surface area contributed by atoms with Crippen molar-refractivity contribution >= 4 is 17.7 Å². The maximum Gasteiger partial charge on any atom is 0.233 e. The van der Waals surface area contributed by atoms with E-state index in [0.717, 1.165) is 24.3 Å². The molecule has 1 aromatic carbocycles. The van der Waals surface area contributed by atoms with Gasteiger partial charge in [0.05, 0.1) is 5.25 Å². The third-order valence-corrected chi connectivity index (χ3v) is 4.21. The molecule has 1 rings (SSSR count). The van der Waals surface area contributed by atoms with Crippen molar-refractivity contribution in [3.05, 3.63) is 29.8 Å². The van der Waals surface area contributed by atoms with Gasteiger partial charge in [0, 0.05) is 17.5 Å². The standard InChI is InChI=1S/C16H26N2OS/c1-5-6-12(2)18-16(19)13(3)20-15-9-7-14(8-10-15)11-17-4/h7-10,12-13,17H,5-6,11H2,1-4H3,(H,18,19). The molecular formula is C16H26N2OS. The van der Waals surface area contributed by atoms with Crippen molar-refractivity contribution in [2.24, 2.45) is 0 Å². The summed E-state index contributed by atoms with van der Waals surface area (Å²) in [6, 6.07) is 8.62. The lowest BCUT2D eigenvalue weighted by Gasteiger charge is -2.17. The van der Waals surface area contributed by atoms with E-state index < -0.39 is 0 Å². The van der Waals surface area contributed by atoms with Gasteiger partial charge in [-0.1, -0.05) is 25.5 Å². The summed E-state index contributed by atoms with van der Waals surface area (Å²) in [6.45, 7) is 7.02. The van der Waals surface area contributed by atoms with Crippen molar-refractivity contribution in [1.82, 2.24) is 10.6 Å². The van der Waals surface area contributed by atoms with Gasteiger partial charge in [-0.25, -0.2) is 0 Å². The summed E-state index contributed by atoms with van der Waals surface area (Å²) in [6.07, 6.45) is 2.12. The van der Waals surface area contributed by atoms with Crippen LogP contribution < -0.4 is 10.6 Å². The largest absolute Gasteiger partial charge is 0.353 e. The summed E-state index contributed by atoms with van der Waals surface area (Å²) >= 11 is 1.61. The molecule has 0 aromatic heterocycles. The summed E-state index contributed by atoms with van der Waals surface area (Å²) in [5.74, 6) is 0.121. The number of carbonyl (C=O) groups is 1. The summed E-state index contributed by atoms with van der Waals surface area (Å²) in [4.78, 5) is 13.2. The van der Waals surface area contributed by atoms with Gasteiger partial charge in [0.2, 0.25) is 5.91 Å². The summed E-state index contributed by atoms with van der Waals surface area (Å²) in [5.41, 5.74) is 1.26. The number of benzene rings is 1. The van der Waals surface area contributed by atoms with E-state index in [1.807, 2.05) is 14.0 Å². The van der Waals surface area contributed by atoms with E-state index >= 15 is 0 Å². The number of hydrogen-bond acceptors (Lipinski definition) is 3. The van der Waals surface area contributed by atoms with Gasteiger partial charge in [-0.15, -0.1) is 11.8 Å². The Hall–Kier alpha value is -1.00. The Kier molecular flexibility index (Phi) is 7.70. The molecule has 2 atom stereocenters. The summed E-state index contributed by atoms with van der Waals surface area (Å²) in [5, 5.41) is 6.12.